The number of halogens is 1. The molecule has 0 aliphatic rings. The van der Waals surface area contributed by atoms with E-state index in [1.54, 1.807) is 24.3 Å². The van der Waals surface area contributed by atoms with Gasteiger partial charge in [0.15, 0.2) is 0 Å². The van der Waals surface area contributed by atoms with Gasteiger partial charge in [-0.2, -0.15) is 0 Å². The van der Waals surface area contributed by atoms with Crippen LogP contribution < -0.4 is 10.0 Å². The summed E-state index contributed by atoms with van der Waals surface area (Å²) in [6.07, 6.45) is 4.48. The van der Waals surface area contributed by atoms with Crippen molar-refractivity contribution >= 4 is 49.7 Å². The molecule has 35 heavy (non-hydrogen) atoms. The first-order chi connectivity index (χ1) is 16.9. The Morgan fingerprint density at radius 3 is 2.34 bits per heavy atom. The van der Waals surface area contributed by atoms with Crippen LogP contribution >= 0.6 is 11.6 Å². The Kier molecular flexibility index (Phi) is 7.73. The lowest BCUT2D eigenvalue weighted by Gasteiger charge is -2.14. The molecule has 0 spiro atoms. The number of unbranched alkanes of at least 4 members (excludes halogenated alkanes) is 2. The van der Waals surface area contributed by atoms with E-state index in [1.807, 2.05) is 48.5 Å². The van der Waals surface area contributed by atoms with Gasteiger partial charge in [0.25, 0.3) is 15.9 Å². The lowest BCUT2D eigenvalue weighted by Crippen LogP contribution is -2.18. The molecule has 4 rings (SSSR count). The van der Waals surface area contributed by atoms with Crippen molar-refractivity contribution in [3.05, 3.63) is 101 Å². The van der Waals surface area contributed by atoms with Gasteiger partial charge in [-0.15, -0.1) is 0 Å². The molecule has 4 aromatic carbocycles. The Bertz CT molecular complexity index is 1450. The second-order valence-corrected chi connectivity index (χ2v) is 10.5. The van der Waals surface area contributed by atoms with E-state index in [2.05, 4.69) is 17.0 Å². The van der Waals surface area contributed by atoms with Gasteiger partial charge in [0, 0.05) is 10.7 Å². The standard InChI is InChI=1S/C28H27ClN2O3S/c1-2-3-4-7-20-10-14-24(15-11-20)30-28(32)26-19-23(29)13-17-27(26)31-35(33,34)25-16-12-21-8-5-6-9-22(21)18-25/h5-6,8-19,31H,2-4,7H2,1H3,(H,30,32). The second kappa shape index (κ2) is 10.9. The number of fused-ring (bicyclic) bond motifs is 1. The van der Waals surface area contributed by atoms with E-state index in [9.17, 15) is 13.2 Å². The molecule has 1 amide bonds. The fraction of sp³-hybridized carbons (Fsp3) is 0.179. The van der Waals surface area contributed by atoms with Crippen LogP contribution in [0.5, 0.6) is 0 Å². The van der Waals surface area contributed by atoms with Gasteiger partial charge < -0.3 is 5.32 Å². The fourth-order valence-corrected chi connectivity index (χ4v) is 5.15. The highest BCUT2D eigenvalue weighted by atomic mass is 35.5. The molecular formula is C28H27ClN2O3S. The molecule has 0 radical (unpaired) electrons. The van der Waals surface area contributed by atoms with E-state index in [4.69, 9.17) is 11.6 Å². The summed E-state index contributed by atoms with van der Waals surface area (Å²) in [5.74, 6) is -0.456. The zero-order chi connectivity index (χ0) is 24.8. The third kappa shape index (κ3) is 6.21. The average Bonchev–Trinajstić information content (AvgIpc) is 2.86. The summed E-state index contributed by atoms with van der Waals surface area (Å²) < 4.78 is 28.8. The molecule has 2 N–H and O–H groups in total. The first kappa shape index (κ1) is 24.8. The van der Waals surface area contributed by atoms with E-state index < -0.39 is 15.9 Å². The summed E-state index contributed by atoms with van der Waals surface area (Å²) in [5.41, 5.74) is 2.12. The Labute approximate surface area is 211 Å². The maximum Gasteiger partial charge on any atom is 0.261 e. The summed E-state index contributed by atoms with van der Waals surface area (Å²) in [6, 6.07) is 24.6. The van der Waals surface area contributed by atoms with Gasteiger partial charge in [-0.3, -0.25) is 9.52 Å². The van der Waals surface area contributed by atoms with Crippen LogP contribution in [-0.2, 0) is 16.4 Å². The predicted octanol–water partition coefficient (Wildman–Crippen LogP) is 7.28. The normalized spacial score (nSPS) is 11.4. The number of aryl methyl sites for hydroxylation is 1. The summed E-state index contributed by atoms with van der Waals surface area (Å²) in [6.45, 7) is 2.17. The van der Waals surface area contributed by atoms with Crippen LogP contribution in [-0.4, -0.2) is 14.3 Å². The van der Waals surface area contributed by atoms with Crippen LogP contribution in [0.15, 0.2) is 89.8 Å². The van der Waals surface area contributed by atoms with Crippen molar-refractivity contribution in [2.24, 2.45) is 0 Å². The highest BCUT2D eigenvalue weighted by Crippen LogP contribution is 2.26. The maximum absolute atomic E-state index is 13.1. The molecule has 180 valence electrons. The number of hydrogen-bond acceptors (Lipinski definition) is 3. The van der Waals surface area contributed by atoms with Crippen LogP contribution in [0.3, 0.4) is 0 Å². The van der Waals surface area contributed by atoms with Crippen molar-refractivity contribution in [1.29, 1.82) is 0 Å². The molecule has 0 unspecified atom stereocenters. The van der Waals surface area contributed by atoms with Crippen LogP contribution in [0, 0.1) is 0 Å². The number of rotatable bonds is 9. The summed E-state index contributed by atoms with van der Waals surface area (Å²) in [5, 5.41) is 4.91. The highest BCUT2D eigenvalue weighted by molar-refractivity contribution is 7.92. The molecule has 5 nitrogen and oxygen atoms in total. The van der Waals surface area contributed by atoms with Gasteiger partial charge >= 0.3 is 0 Å². The minimum atomic E-state index is -3.94. The zero-order valence-electron chi connectivity index (χ0n) is 19.4. The largest absolute Gasteiger partial charge is 0.322 e. The second-order valence-electron chi connectivity index (χ2n) is 8.41. The number of hydrogen-bond donors (Lipinski definition) is 2. The molecule has 4 aromatic rings. The third-order valence-electron chi connectivity index (χ3n) is 5.78. The van der Waals surface area contributed by atoms with Crippen molar-refractivity contribution < 1.29 is 13.2 Å². The Hall–Kier alpha value is -3.35. The molecule has 0 saturated carbocycles. The zero-order valence-corrected chi connectivity index (χ0v) is 21.0. The summed E-state index contributed by atoms with van der Waals surface area (Å²) in [4.78, 5) is 13.2. The van der Waals surface area contributed by atoms with Crippen LogP contribution in [0.25, 0.3) is 10.8 Å². The average molecular weight is 507 g/mol. The van der Waals surface area contributed by atoms with Crippen LogP contribution in [0.1, 0.15) is 42.1 Å². The first-order valence-corrected chi connectivity index (χ1v) is 13.4. The molecule has 0 saturated heterocycles. The molecule has 0 aliphatic carbocycles. The molecule has 0 atom stereocenters. The fourth-order valence-electron chi connectivity index (χ4n) is 3.86. The van der Waals surface area contributed by atoms with Crippen molar-refractivity contribution in [3.63, 3.8) is 0 Å². The topological polar surface area (TPSA) is 75.3 Å². The molecular weight excluding hydrogens is 480 g/mol. The maximum atomic E-state index is 13.1. The van der Waals surface area contributed by atoms with E-state index in [0.29, 0.717) is 10.7 Å². The van der Waals surface area contributed by atoms with Crippen molar-refractivity contribution in [1.82, 2.24) is 0 Å². The molecule has 0 fully saturated rings. The van der Waals surface area contributed by atoms with E-state index in [-0.39, 0.29) is 16.1 Å². The van der Waals surface area contributed by atoms with Gasteiger partial charge in [0.05, 0.1) is 16.1 Å². The third-order valence-corrected chi connectivity index (χ3v) is 7.38. The Balaban J connectivity index is 1.54. The van der Waals surface area contributed by atoms with Crippen LogP contribution in [0.4, 0.5) is 11.4 Å². The molecule has 7 heteroatoms. The van der Waals surface area contributed by atoms with Crippen molar-refractivity contribution in [2.45, 2.75) is 37.5 Å². The first-order valence-electron chi connectivity index (χ1n) is 11.6. The SMILES string of the molecule is CCCCCc1ccc(NC(=O)c2cc(Cl)ccc2NS(=O)(=O)c2ccc3ccccc3c2)cc1. The molecule has 0 aliphatic heterocycles. The van der Waals surface area contributed by atoms with Gasteiger partial charge in [-0.25, -0.2) is 8.42 Å². The van der Waals surface area contributed by atoms with E-state index in [1.165, 1.54) is 30.5 Å². The van der Waals surface area contributed by atoms with E-state index in [0.717, 1.165) is 23.6 Å². The van der Waals surface area contributed by atoms with Crippen molar-refractivity contribution in [2.75, 3.05) is 10.0 Å². The lowest BCUT2D eigenvalue weighted by atomic mass is 10.1. The minimum Gasteiger partial charge on any atom is -0.322 e. The minimum absolute atomic E-state index is 0.108. The van der Waals surface area contributed by atoms with Gasteiger partial charge in [0.1, 0.15) is 0 Å². The smallest absolute Gasteiger partial charge is 0.261 e. The number of benzene rings is 4. The number of nitrogens with one attached hydrogen (secondary N) is 2. The number of sulfonamides is 1. The summed E-state index contributed by atoms with van der Waals surface area (Å²) in [7, 11) is -3.94. The van der Waals surface area contributed by atoms with E-state index >= 15 is 0 Å². The summed E-state index contributed by atoms with van der Waals surface area (Å²) >= 11 is 6.14. The quantitative estimate of drug-likeness (QED) is 0.234. The molecule has 0 bridgehead atoms. The van der Waals surface area contributed by atoms with Gasteiger partial charge in [-0.1, -0.05) is 73.8 Å². The lowest BCUT2D eigenvalue weighted by molar-refractivity contribution is 0.102. The Morgan fingerprint density at radius 2 is 1.60 bits per heavy atom. The van der Waals surface area contributed by atoms with Crippen molar-refractivity contribution in [3.8, 4) is 0 Å². The highest BCUT2D eigenvalue weighted by Gasteiger charge is 2.20. The predicted molar refractivity (Wildman–Crippen MR) is 144 cm³/mol. The van der Waals surface area contributed by atoms with Gasteiger partial charge in [0.2, 0.25) is 0 Å². The van der Waals surface area contributed by atoms with Gasteiger partial charge in [-0.05, 0) is 71.6 Å². The monoisotopic (exact) mass is 506 g/mol. The number of carbonyl (C=O) groups is 1. The number of carbonyl (C=O) groups excluding carboxylic acids is 1. The number of anilines is 2. The molecule has 0 aromatic heterocycles. The van der Waals surface area contributed by atoms with Crippen LogP contribution in [0.2, 0.25) is 5.02 Å². The number of amides is 1. The Morgan fingerprint density at radius 1 is 0.857 bits per heavy atom. The molecule has 0 heterocycles.